The van der Waals surface area contributed by atoms with Crippen molar-refractivity contribution < 1.29 is 9.53 Å². The summed E-state index contributed by atoms with van der Waals surface area (Å²) in [6, 6.07) is 3.86. The molecule has 0 unspecified atom stereocenters. The third-order valence-electron chi connectivity index (χ3n) is 2.99. The summed E-state index contributed by atoms with van der Waals surface area (Å²) in [4.78, 5) is 15.8. The van der Waals surface area contributed by atoms with E-state index >= 15 is 0 Å². The molecule has 0 fully saturated rings. The van der Waals surface area contributed by atoms with Crippen molar-refractivity contribution in [3.63, 3.8) is 0 Å². The van der Waals surface area contributed by atoms with E-state index in [9.17, 15) is 4.79 Å². The second-order valence-electron chi connectivity index (χ2n) is 5.43. The SMILES string of the molecule is CC(C)COC(=O)NCCCCc1ccn2nccc2n1. The van der Waals surface area contributed by atoms with Gasteiger partial charge in [0, 0.05) is 24.5 Å². The standard InChI is InChI=1S/C15H22N4O2/c1-12(2)11-21-15(20)16-8-4-3-5-13-7-10-19-14(18-13)6-9-17-19/h6-7,9-10,12H,3-5,8,11H2,1-2H3,(H,16,20). The number of nitrogens with one attached hydrogen (secondary N) is 1. The summed E-state index contributed by atoms with van der Waals surface area (Å²) in [5.41, 5.74) is 1.91. The lowest BCUT2D eigenvalue weighted by Crippen LogP contribution is -2.26. The molecule has 1 N–H and O–H groups in total. The number of unbranched alkanes of at least 4 members (excludes halogenated alkanes) is 1. The Morgan fingerprint density at radius 2 is 2.24 bits per heavy atom. The number of nitrogens with zero attached hydrogens (tertiary/aromatic N) is 3. The second kappa shape index (κ2) is 7.61. The van der Waals surface area contributed by atoms with Crippen LogP contribution >= 0.6 is 0 Å². The van der Waals surface area contributed by atoms with Gasteiger partial charge in [0.1, 0.15) is 0 Å². The number of hydrogen-bond acceptors (Lipinski definition) is 4. The van der Waals surface area contributed by atoms with E-state index in [2.05, 4.69) is 15.4 Å². The number of aryl methyl sites for hydroxylation is 1. The van der Waals surface area contributed by atoms with Crippen LogP contribution in [0, 0.1) is 5.92 Å². The highest BCUT2D eigenvalue weighted by atomic mass is 16.5. The monoisotopic (exact) mass is 290 g/mol. The minimum atomic E-state index is -0.331. The number of fused-ring (bicyclic) bond motifs is 1. The van der Waals surface area contributed by atoms with Crippen LogP contribution in [0.25, 0.3) is 5.65 Å². The average Bonchev–Trinajstić information content (AvgIpc) is 2.92. The average molecular weight is 290 g/mol. The van der Waals surface area contributed by atoms with Crippen LogP contribution in [-0.4, -0.2) is 33.8 Å². The highest BCUT2D eigenvalue weighted by Crippen LogP contribution is 2.04. The molecule has 2 rings (SSSR count). The molecule has 0 bridgehead atoms. The first-order valence-electron chi connectivity index (χ1n) is 7.35. The molecule has 0 saturated heterocycles. The molecule has 0 aliphatic heterocycles. The van der Waals surface area contributed by atoms with Crippen LogP contribution in [-0.2, 0) is 11.2 Å². The predicted molar refractivity (Wildman–Crippen MR) is 80.1 cm³/mol. The van der Waals surface area contributed by atoms with Crippen molar-refractivity contribution in [2.24, 2.45) is 5.92 Å². The van der Waals surface area contributed by atoms with Crippen LogP contribution in [0.5, 0.6) is 0 Å². The number of alkyl carbamates (subject to hydrolysis) is 1. The molecular weight excluding hydrogens is 268 g/mol. The van der Waals surface area contributed by atoms with Gasteiger partial charge in [0.2, 0.25) is 0 Å². The van der Waals surface area contributed by atoms with Gasteiger partial charge in [-0.1, -0.05) is 13.8 Å². The molecule has 0 aliphatic rings. The van der Waals surface area contributed by atoms with E-state index < -0.39 is 0 Å². The topological polar surface area (TPSA) is 68.5 Å². The molecule has 1 amide bonds. The third-order valence-corrected chi connectivity index (χ3v) is 2.99. The maximum Gasteiger partial charge on any atom is 0.407 e. The van der Waals surface area contributed by atoms with Gasteiger partial charge in [0.05, 0.1) is 12.8 Å². The van der Waals surface area contributed by atoms with Crippen LogP contribution in [0.3, 0.4) is 0 Å². The van der Waals surface area contributed by atoms with E-state index in [1.54, 1.807) is 10.7 Å². The lowest BCUT2D eigenvalue weighted by atomic mass is 10.2. The lowest BCUT2D eigenvalue weighted by Gasteiger charge is -2.08. The smallest absolute Gasteiger partial charge is 0.407 e. The highest BCUT2D eigenvalue weighted by Gasteiger charge is 2.03. The van der Waals surface area contributed by atoms with Gasteiger partial charge in [-0.25, -0.2) is 14.3 Å². The van der Waals surface area contributed by atoms with E-state index in [1.165, 1.54) is 0 Å². The molecule has 2 aromatic heterocycles. The van der Waals surface area contributed by atoms with Gasteiger partial charge in [-0.3, -0.25) is 0 Å². The molecule has 0 aliphatic carbocycles. The molecular formula is C15H22N4O2. The van der Waals surface area contributed by atoms with Gasteiger partial charge in [-0.05, 0) is 31.2 Å². The molecule has 6 heteroatoms. The summed E-state index contributed by atoms with van der Waals surface area (Å²) >= 11 is 0. The first kappa shape index (κ1) is 15.3. The number of carbonyl (C=O) groups excluding carboxylic acids is 1. The van der Waals surface area contributed by atoms with Crippen molar-refractivity contribution in [2.75, 3.05) is 13.2 Å². The maximum absolute atomic E-state index is 11.3. The van der Waals surface area contributed by atoms with Crippen LogP contribution in [0.2, 0.25) is 0 Å². The van der Waals surface area contributed by atoms with Crippen molar-refractivity contribution in [2.45, 2.75) is 33.1 Å². The zero-order chi connectivity index (χ0) is 15.1. The fourth-order valence-electron chi connectivity index (χ4n) is 1.91. The van der Waals surface area contributed by atoms with Crippen LogP contribution in [0.4, 0.5) is 4.79 Å². The molecule has 2 aromatic rings. The normalized spacial score (nSPS) is 11.0. The molecule has 0 radical (unpaired) electrons. The van der Waals surface area contributed by atoms with Crippen LogP contribution in [0.1, 0.15) is 32.4 Å². The van der Waals surface area contributed by atoms with Gasteiger partial charge in [-0.2, -0.15) is 5.10 Å². The van der Waals surface area contributed by atoms with Crippen molar-refractivity contribution in [1.29, 1.82) is 0 Å². The molecule has 114 valence electrons. The van der Waals surface area contributed by atoms with Gasteiger partial charge in [-0.15, -0.1) is 0 Å². The Labute approximate surface area is 124 Å². The van der Waals surface area contributed by atoms with E-state index in [-0.39, 0.29) is 6.09 Å². The summed E-state index contributed by atoms with van der Waals surface area (Å²) in [6.07, 6.45) is 6.09. The highest BCUT2D eigenvalue weighted by molar-refractivity contribution is 5.66. The Morgan fingerprint density at radius 3 is 3.05 bits per heavy atom. The number of carbonyl (C=O) groups is 1. The molecule has 6 nitrogen and oxygen atoms in total. The Kier molecular flexibility index (Phi) is 5.54. The number of ether oxygens (including phenoxy) is 1. The maximum atomic E-state index is 11.3. The largest absolute Gasteiger partial charge is 0.449 e. The molecule has 0 saturated carbocycles. The molecule has 0 spiro atoms. The van der Waals surface area contributed by atoms with Crippen molar-refractivity contribution in [3.05, 3.63) is 30.2 Å². The summed E-state index contributed by atoms with van der Waals surface area (Å²) in [7, 11) is 0. The van der Waals surface area contributed by atoms with Gasteiger partial charge in [0.25, 0.3) is 0 Å². The fraction of sp³-hybridized carbons (Fsp3) is 0.533. The zero-order valence-corrected chi connectivity index (χ0v) is 12.6. The summed E-state index contributed by atoms with van der Waals surface area (Å²) in [5.74, 6) is 0.361. The molecule has 0 atom stereocenters. The van der Waals surface area contributed by atoms with E-state index in [0.29, 0.717) is 19.1 Å². The lowest BCUT2D eigenvalue weighted by molar-refractivity contribution is 0.133. The minimum absolute atomic E-state index is 0.331. The Bertz CT molecular complexity index is 580. The summed E-state index contributed by atoms with van der Waals surface area (Å²) < 4.78 is 6.78. The van der Waals surface area contributed by atoms with E-state index in [4.69, 9.17) is 4.74 Å². The quantitative estimate of drug-likeness (QED) is 0.795. The van der Waals surface area contributed by atoms with Gasteiger partial charge in [0.15, 0.2) is 5.65 Å². The zero-order valence-electron chi connectivity index (χ0n) is 12.6. The van der Waals surface area contributed by atoms with Crippen LogP contribution < -0.4 is 5.32 Å². The minimum Gasteiger partial charge on any atom is -0.449 e. The van der Waals surface area contributed by atoms with Crippen molar-refractivity contribution >= 4 is 11.7 Å². The van der Waals surface area contributed by atoms with E-state index in [1.807, 2.05) is 32.2 Å². The first-order chi connectivity index (χ1) is 10.1. The number of amides is 1. The first-order valence-corrected chi connectivity index (χ1v) is 7.35. The van der Waals surface area contributed by atoms with Gasteiger partial charge < -0.3 is 10.1 Å². The Morgan fingerprint density at radius 1 is 1.38 bits per heavy atom. The van der Waals surface area contributed by atoms with E-state index in [0.717, 1.165) is 30.6 Å². The number of hydrogen-bond donors (Lipinski definition) is 1. The Balaban J connectivity index is 1.62. The molecule has 21 heavy (non-hydrogen) atoms. The van der Waals surface area contributed by atoms with Gasteiger partial charge >= 0.3 is 6.09 Å². The Hall–Kier alpha value is -2.11. The summed E-state index contributed by atoms with van der Waals surface area (Å²) in [6.45, 7) is 5.11. The predicted octanol–water partition coefficient (Wildman–Crippen LogP) is 2.43. The van der Waals surface area contributed by atoms with Crippen molar-refractivity contribution in [1.82, 2.24) is 19.9 Å². The van der Waals surface area contributed by atoms with Crippen LogP contribution in [0.15, 0.2) is 24.5 Å². The fourth-order valence-corrected chi connectivity index (χ4v) is 1.91. The third kappa shape index (κ3) is 5.06. The molecule has 0 aromatic carbocycles. The van der Waals surface area contributed by atoms with Crippen molar-refractivity contribution in [3.8, 4) is 0 Å². The number of rotatable bonds is 7. The molecule has 2 heterocycles. The summed E-state index contributed by atoms with van der Waals surface area (Å²) in [5, 5.41) is 6.87. The number of aromatic nitrogens is 3. The second-order valence-corrected chi connectivity index (χ2v) is 5.43.